The molecule has 1 aromatic heterocycles. The van der Waals surface area contributed by atoms with Gasteiger partial charge in [0.15, 0.2) is 9.84 Å². The fraction of sp³-hybridized carbons (Fsp3) is 0.684. The molecule has 2 rings (SSSR count). The largest absolute Gasteiger partial charge is 0.334 e. The summed E-state index contributed by atoms with van der Waals surface area (Å²) in [5.74, 6) is 0.0456. The molecule has 6 nitrogen and oxygen atoms in total. The van der Waals surface area contributed by atoms with Crippen molar-refractivity contribution < 1.29 is 13.2 Å². The number of hydrogen-bond donors (Lipinski definition) is 1. The van der Waals surface area contributed by atoms with E-state index >= 15 is 0 Å². The smallest absolute Gasteiger partial charge is 0.224 e. The molecule has 2 heterocycles. The summed E-state index contributed by atoms with van der Waals surface area (Å²) in [4.78, 5) is 19.1. The Labute approximate surface area is 169 Å². The van der Waals surface area contributed by atoms with Crippen molar-refractivity contribution in [3.63, 3.8) is 0 Å². The Hall–Kier alpha value is -1.18. The van der Waals surface area contributed by atoms with E-state index in [1.54, 1.807) is 6.20 Å². The molecule has 1 atom stereocenters. The number of carbonyl (C=O) groups is 1. The standard InChI is InChI=1S/C19H31N3O3S.ClH/c1-16(2)15-26(24,25)13-9-19(23)22(14-17-6-3-4-11-21-17)18-7-5-10-20-12-8-18;/h3-4,6,11,16,18,20H,5,7-10,12-15H2,1-2H3;1H. The van der Waals surface area contributed by atoms with Crippen LogP contribution in [0.1, 0.15) is 45.2 Å². The summed E-state index contributed by atoms with van der Waals surface area (Å²) in [6, 6.07) is 5.80. The number of halogens is 1. The molecular weight excluding hydrogens is 386 g/mol. The van der Waals surface area contributed by atoms with Gasteiger partial charge in [-0.1, -0.05) is 19.9 Å². The van der Waals surface area contributed by atoms with E-state index in [9.17, 15) is 13.2 Å². The second kappa shape index (κ2) is 11.6. The number of nitrogens with zero attached hydrogens (tertiary/aromatic N) is 2. The predicted molar refractivity (Wildman–Crippen MR) is 111 cm³/mol. The van der Waals surface area contributed by atoms with Crippen molar-refractivity contribution in [2.24, 2.45) is 5.92 Å². The maximum Gasteiger partial charge on any atom is 0.224 e. The normalized spacial score (nSPS) is 17.8. The molecule has 27 heavy (non-hydrogen) atoms. The second-order valence-corrected chi connectivity index (χ2v) is 9.66. The van der Waals surface area contributed by atoms with Crippen LogP contribution < -0.4 is 5.32 Å². The number of rotatable bonds is 8. The molecule has 1 aliphatic rings. The van der Waals surface area contributed by atoms with E-state index in [2.05, 4.69) is 10.3 Å². The summed E-state index contributed by atoms with van der Waals surface area (Å²) in [6.07, 6.45) is 4.61. The Morgan fingerprint density at radius 1 is 1.30 bits per heavy atom. The Morgan fingerprint density at radius 2 is 2.07 bits per heavy atom. The van der Waals surface area contributed by atoms with Crippen LogP contribution in [0.2, 0.25) is 0 Å². The number of amides is 1. The summed E-state index contributed by atoms with van der Waals surface area (Å²) in [7, 11) is -3.20. The highest BCUT2D eigenvalue weighted by Crippen LogP contribution is 2.18. The van der Waals surface area contributed by atoms with Crippen molar-refractivity contribution in [3.8, 4) is 0 Å². The van der Waals surface area contributed by atoms with Gasteiger partial charge in [-0.3, -0.25) is 9.78 Å². The molecule has 1 amide bonds. The molecule has 1 aliphatic heterocycles. The van der Waals surface area contributed by atoms with Crippen molar-refractivity contribution in [2.75, 3.05) is 24.6 Å². The molecule has 0 radical (unpaired) electrons. The highest BCUT2D eigenvalue weighted by atomic mass is 35.5. The van der Waals surface area contributed by atoms with E-state index in [1.807, 2.05) is 36.9 Å². The SMILES string of the molecule is CC(C)CS(=O)(=O)CCC(=O)N(Cc1ccccn1)C1CCCNCC1.Cl. The summed E-state index contributed by atoms with van der Waals surface area (Å²) in [5.41, 5.74) is 0.836. The number of aromatic nitrogens is 1. The van der Waals surface area contributed by atoms with Crippen LogP contribution in [0.3, 0.4) is 0 Å². The molecule has 0 bridgehead atoms. The molecule has 8 heteroatoms. The number of sulfone groups is 1. The van der Waals surface area contributed by atoms with Gasteiger partial charge in [0.25, 0.3) is 0 Å². The van der Waals surface area contributed by atoms with Gasteiger partial charge >= 0.3 is 0 Å². The first-order chi connectivity index (χ1) is 12.4. The van der Waals surface area contributed by atoms with Gasteiger partial charge in [-0.05, 0) is 50.4 Å². The van der Waals surface area contributed by atoms with Crippen LogP contribution in [0.15, 0.2) is 24.4 Å². The van der Waals surface area contributed by atoms with Gasteiger partial charge in [-0.2, -0.15) is 0 Å². The van der Waals surface area contributed by atoms with Gasteiger partial charge in [-0.15, -0.1) is 12.4 Å². The van der Waals surface area contributed by atoms with Gasteiger partial charge in [0, 0.05) is 18.7 Å². The first kappa shape index (κ1) is 23.9. The van der Waals surface area contributed by atoms with Crippen molar-refractivity contribution in [2.45, 2.75) is 52.1 Å². The Bertz CT molecular complexity index is 660. The molecule has 0 aliphatic carbocycles. The lowest BCUT2D eigenvalue weighted by Crippen LogP contribution is -2.41. The monoisotopic (exact) mass is 417 g/mol. The van der Waals surface area contributed by atoms with Crippen molar-refractivity contribution >= 4 is 28.2 Å². The summed E-state index contributed by atoms with van der Waals surface area (Å²) < 4.78 is 24.3. The molecule has 0 saturated carbocycles. The molecule has 1 unspecified atom stereocenters. The van der Waals surface area contributed by atoms with Crippen LogP contribution in [0.25, 0.3) is 0 Å². The minimum Gasteiger partial charge on any atom is -0.334 e. The third-order valence-corrected chi connectivity index (χ3v) is 6.58. The van der Waals surface area contributed by atoms with Gasteiger partial charge < -0.3 is 10.2 Å². The van der Waals surface area contributed by atoms with Crippen molar-refractivity contribution in [1.82, 2.24) is 15.2 Å². The van der Waals surface area contributed by atoms with Crippen molar-refractivity contribution in [3.05, 3.63) is 30.1 Å². The Morgan fingerprint density at radius 3 is 2.74 bits per heavy atom. The molecule has 0 aromatic carbocycles. The first-order valence-electron chi connectivity index (χ1n) is 9.48. The van der Waals surface area contributed by atoms with Gasteiger partial charge in [0.05, 0.1) is 23.7 Å². The lowest BCUT2D eigenvalue weighted by Gasteiger charge is -2.31. The third kappa shape index (κ3) is 8.58. The first-order valence-corrected chi connectivity index (χ1v) is 11.3. The zero-order valence-corrected chi connectivity index (χ0v) is 17.9. The minimum atomic E-state index is -3.20. The quantitative estimate of drug-likeness (QED) is 0.702. The van der Waals surface area contributed by atoms with E-state index in [-0.39, 0.29) is 48.2 Å². The predicted octanol–water partition coefficient (Wildman–Crippen LogP) is 2.44. The van der Waals surface area contributed by atoms with Crippen molar-refractivity contribution in [1.29, 1.82) is 0 Å². The van der Waals surface area contributed by atoms with Gasteiger partial charge in [-0.25, -0.2) is 8.42 Å². The van der Waals surface area contributed by atoms with Crippen LogP contribution in [-0.2, 0) is 21.2 Å². The number of pyridine rings is 1. The molecule has 1 N–H and O–H groups in total. The average molecular weight is 418 g/mol. The zero-order chi connectivity index (χ0) is 19.0. The molecule has 1 saturated heterocycles. The lowest BCUT2D eigenvalue weighted by molar-refractivity contribution is -0.134. The van der Waals surface area contributed by atoms with Crippen LogP contribution in [0, 0.1) is 5.92 Å². The van der Waals surface area contributed by atoms with Crippen LogP contribution >= 0.6 is 12.4 Å². The van der Waals surface area contributed by atoms with E-state index < -0.39 is 9.84 Å². The highest BCUT2D eigenvalue weighted by molar-refractivity contribution is 7.91. The maximum atomic E-state index is 12.9. The summed E-state index contributed by atoms with van der Waals surface area (Å²) in [5, 5.41) is 3.36. The summed E-state index contributed by atoms with van der Waals surface area (Å²) in [6.45, 7) is 6.04. The van der Waals surface area contributed by atoms with Crippen LogP contribution in [-0.4, -0.2) is 54.8 Å². The molecule has 1 fully saturated rings. The Kier molecular flexibility index (Phi) is 10.3. The highest BCUT2D eigenvalue weighted by Gasteiger charge is 2.26. The number of nitrogens with one attached hydrogen (secondary N) is 1. The zero-order valence-electron chi connectivity index (χ0n) is 16.3. The fourth-order valence-electron chi connectivity index (χ4n) is 3.38. The minimum absolute atomic E-state index is 0. The van der Waals surface area contributed by atoms with Crippen LogP contribution in [0.4, 0.5) is 0 Å². The molecular formula is C19H32ClN3O3S. The summed E-state index contributed by atoms with van der Waals surface area (Å²) >= 11 is 0. The average Bonchev–Trinajstić information content (AvgIpc) is 2.87. The van der Waals surface area contributed by atoms with Crippen LogP contribution in [0.5, 0.6) is 0 Å². The Balaban J connectivity index is 0.00000364. The molecule has 154 valence electrons. The van der Waals surface area contributed by atoms with E-state index in [1.165, 1.54) is 0 Å². The number of carbonyl (C=O) groups excluding carboxylic acids is 1. The maximum absolute atomic E-state index is 12.9. The third-order valence-electron chi connectivity index (χ3n) is 4.58. The molecule has 1 aromatic rings. The fourth-order valence-corrected chi connectivity index (χ4v) is 5.05. The number of hydrogen-bond acceptors (Lipinski definition) is 5. The van der Waals surface area contributed by atoms with E-state index in [0.29, 0.717) is 6.54 Å². The van der Waals surface area contributed by atoms with E-state index in [4.69, 9.17) is 0 Å². The second-order valence-electron chi connectivity index (χ2n) is 7.44. The van der Waals surface area contributed by atoms with Gasteiger partial charge in [0.1, 0.15) is 0 Å². The lowest BCUT2D eigenvalue weighted by atomic mass is 10.1. The topological polar surface area (TPSA) is 79.4 Å². The van der Waals surface area contributed by atoms with Gasteiger partial charge in [0.2, 0.25) is 5.91 Å². The van der Waals surface area contributed by atoms with E-state index in [0.717, 1.165) is 38.0 Å². The molecule has 0 spiro atoms.